The normalized spacial score (nSPS) is 13.8. The summed E-state index contributed by atoms with van der Waals surface area (Å²) in [5, 5.41) is 4.83. The van der Waals surface area contributed by atoms with Gasteiger partial charge in [-0.15, -0.1) is 0 Å². The SMILES string of the molecule is COc1ccc2c(c1)C(=O)N(C[C@@H](/C=C/c1ccc(F)cc1)NC(=O)NC(C)=O)C2. The highest BCUT2D eigenvalue weighted by atomic mass is 19.1. The maximum atomic E-state index is 13.1. The zero-order valence-electron chi connectivity index (χ0n) is 16.6. The van der Waals surface area contributed by atoms with Gasteiger partial charge < -0.3 is 15.0 Å². The Morgan fingerprint density at radius 1 is 1.23 bits per heavy atom. The van der Waals surface area contributed by atoms with Crippen LogP contribution in [0.25, 0.3) is 6.08 Å². The molecule has 30 heavy (non-hydrogen) atoms. The Morgan fingerprint density at radius 3 is 2.63 bits per heavy atom. The Labute approximate surface area is 173 Å². The average molecular weight is 411 g/mol. The van der Waals surface area contributed by atoms with E-state index in [0.717, 1.165) is 11.1 Å². The summed E-state index contributed by atoms with van der Waals surface area (Å²) < 4.78 is 18.3. The fourth-order valence-electron chi connectivity index (χ4n) is 3.17. The fraction of sp³-hybridized carbons (Fsp3) is 0.227. The lowest BCUT2D eigenvalue weighted by molar-refractivity contribution is -0.117. The Hall–Kier alpha value is -3.68. The van der Waals surface area contributed by atoms with Gasteiger partial charge in [0.15, 0.2) is 0 Å². The first-order chi connectivity index (χ1) is 14.4. The van der Waals surface area contributed by atoms with Gasteiger partial charge in [-0.2, -0.15) is 0 Å². The van der Waals surface area contributed by atoms with E-state index in [1.54, 1.807) is 41.3 Å². The van der Waals surface area contributed by atoms with E-state index >= 15 is 0 Å². The van der Waals surface area contributed by atoms with E-state index in [1.165, 1.54) is 26.2 Å². The molecule has 0 spiro atoms. The zero-order chi connectivity index (χ0) is 21.7. The van der Waals surface area contributed by atoms with E-state index in [4.69, 9.17) is 4.74 Å². The van der Waals surface area contributed by atoms with Gasteiger partial charge in [0, 0.05) is 25.6 Å². The van der Waals surface area contributed by atoms with Crippen LogP contribution in [0, 0.1) is 5.82 Å². The van der Waals surface area contributed by atoms with Crippen molar-refractivity contribution in [2.45, 2.75) is 19.5 Å². The van der Waals surface area contributed by atoms with Crippen molar-refractivity contribution < 1.29 is 23.5 Å². The second-order valence-electron chi connectivity index (χ2n) is 6.88. The molecule has 0 aliphatic carbocycles. The van der Waals surface area contributed by atoms with Crippen LogP contribution in [0.5, 0.6) is 5.75 Å². The van der Waals surface area contributed by atoms with Crippen molar-refractivity contribution in [2.75, 3.05) is 13.7 Å². The summed E-state index contributed by atoms with van der Waals surface area (Å²) in [6.07, 6.45) is 3.42. The minimum Gasteiger partial charge on any atom is -0.497 e. The molecule has 1 heterocycles. The standard InChI is InChI=1S/C22H22FN3O4/c1-14(27)24-22(29)25-18(9-5-15-3-7-17(23)8-4-15)13-26-12-16-6-10-19(30-2)11-20(16)21(26)28/h3-11,18H,12-13H2,1-2H3,(H2,24,25,27,29)/b9-5+/t18-/m1/s1. The summed E-state index contributed by atoms with van der Waals surface area (Å²) in [4.78, 5) is 37.6. The van der Waals surface area contributed by atoms with E-state index < -0.39 is 18.0 Å². The van der Waals surface area contributed by atoms with Crippen molar-refractivity contribution in [1.29, 1.82) is 0 Å². The number of hydrogen-bond acceptors (Lipinski definition) is 4. The molecule has 0 bridgehead atoms. The number of fused-ring (bicyclic) bond motifs is 1. The van der Waals surface area contributed by atoms with Crippen LogP contribution in [0.4, 0.5) is 9.18 Å². The minimum atomic E-state index is -0.665. The number of amides is 4. The quantitative estimate of drug-likeness (QED) is 0.765. The molecule has 8 heteroatoms. The van der Waals surface area contributed by atoms with Gasteiger partial charge in [-0.3, -0.25) is 14.9 Å². The van der Waals surface area contributed by atoms with Crippen molar-refractivity contribution in [1.82, 2.24) is 15.5 Å². The lowest BCUT2D eigenvalue weighted by Gasteiger charge is -2.22. The van der Waals surface area contributed by atoms with Crippen LogP contribution in [0.1, 0.15) is 28.4 Å². The van der Waals surface area contributed by atoms with Crippen LogP contribution in [0.3, 0.4) is 0 Å². The molecule has 2 aromatic rings. The van der Waals surface area contributed by atoms with E-state index in [1.807, 2.05) is 6.07 Å². The number of carbonyl (C=O) groups is 3. The topological polar surface area (TPSA) is 87.7 Å². The highest BCUT2D eigenvalue weighted by molar-refractivity contribution is 5.99. The van der Waals surface area contributed by atoms with Gasteiger partial charge in [-0.1, -0.05) is 30.4 Å². The van der Waals surface area contributed by atoms with Gasteiger partial charge in [-0.25, -0.2) is 9.18 Å². The number of rotatable bonds is 6. The van der Waals surface area contributed by atoms with Crippen molar-refractivity contribution in [3.8, 4) is 5.75 Å². The number of halogens is 1. The summed E-state index contributed by atoms with van der Waals surface area (Å²) >= 11 is 0. The number of ether oxygens (including phenoxy) is 1. The predicted octanol–water partition coefficient (Wildman–Crippen LogP) is 2.72. The van der Waals surface area contributed by atoms with E-state index in [9.17, 15) is 18.8 Å². The maximum Gasteiger partial charge on any atom is 0.321 e. The monoisotopic (exact) mass is 411 g/mol. The average Bonchev–Trinajstić information content (AvgIpc) is 3.01. The first kappa shape index (κ1) is 21.0. The van der Waals surface area contributed by atoms with E-state index in [-0.39, 0.29) is 18.3 Å². The van der Waals surface area contributed by atoms with Crippen LogP contribution in [0.15, 0.2) is 48.5 Å². The summed E-state index contributed by atoms with van der Waals surface area (Å²) in [7, 11) is 1.53. The van der Waals surface area contributed by atoms with Gasteiger partial charge in [0.05, 0.1) is 13.2 Å². The number of hydrogen-bond donors (Lipinski definition) is 2. The van der Waals surface area contributed by atoms with Crippen LogP contribution < -0.4 is 15.4 Å². The molecular formula is C22H22FN3O4. The summed E-state index contributed by atoms with van der Waals surface area (Å²) in [6.45, 7) is 1.82. The molecule has 156 valence electrons. The van der Waals surface area contributed by atoms with Crippen LogP contribution in [-0.2, 0) is 11.3 Å². The first-order valence-electron chi connectivity index (χ1n) is 9.34. The second-order valence-corrected chi connectivity index (χ2v) is 6.88. The van der Waals surface area contributed by atoms with E-state index in [0.29, 0.717) is 17.9 Å². The highest BCUT2D eigenvalue weighted by Crippen LogP contribution is 2.26. The summed E-state index contributed by atoms with van der Waals surface area (Å²) in [6, 6.07) is 9.94. The number of benzene rings is 2. The molecule has 1 aliphatic rings. The van der Waals surface area contributed by atoms with Crippen LogP contribution in [-0.4, -0.2) is 42.4 Å². The third-order valence-corrected chi connectivity index (χ3v) is 4.61. The number of urea groups is 1. The van der Waals surface area contributed by atoms with Crippen molar-refractivity contribution in [3.63, 3.8) is 0 Å². The van der Waals surface area contributed by atoms with Gasteiger partial charge in [0.25, 0.3) is 5.91 Å². The Kier molecular flexibility index (Phi) is 6.46. The third-order valence-electron chi connectivity index (χ3n) is 4.61. The third kappa shape index (κ3) is 5.22. The predicted molar refractivity (Wildman–Crippen MR) is 109 cm³/mol. The molecule has 0 saturated heterocycles. The number of imide groups is 1. The lowest BCUT2D eigenvalue weighted by Crippen LogP contribution is -2.47. The van der Waals surface area contributed by atoms with Gasteiger partial charge in [-0.05, 0) is 35.4 Å². The van der Waals surface area contributed by atoms with Gasteiger partial charge in [0.1, 0.15) is 11.6 Å². The first-order valence-corrected chi connectivity index (χ1v) is 9.34. The molecule has 1 aliphatic heterocycles. The zero-order valence-corrected chi connectivity index (χ0v) is 16.6. The smallest absolute Gasteiger partial charge is 0.321 e. The summed E-state index contributed by atoms with van der Waals surface area (Å²) in [5.41, 5.74) is 2.16. The largest absolute Gasteiger partial charge is 0.497 e. The molecule has 2 aromatic carbocycles. The fourth-order valence-corrected chi connectivity index (χ4v) is 3.17. The Balaban J connectivity index is 1.76. The van der Waals surface area contributed by atoms with Gasteiger partial charge >= 0.3 is 6.03 Å². The van der Waals surface area contributed by atoms with Crippen molar-refractivity contribution in [3.05, 3.63) is 71.0 Å². The summed E-state index contributed by atoms with van der Waals surface area (Å²) in [5.74, 6) is -0.419. The number of nitrogens with one attached hydrogen (secondary N) is 2. The molecule has 0 aromatic heterocycles. The van der Waals surface area contributed by atoms with Crippen molar-refractivity contribution in [2.24, 2.45) is 0 Å². The maximum absolute atomic E-state index is 13.1. The molecule has 0 radical (unpaired) electrons. The Bertz CT molecular complexity index is 988. The second kappa shape index (κ2) is 9.21. The number of nitrogens with zero attached hydrogens (tertiary/aromatic N) is 1. The van der Waals surface area contributed by atoms with Crippen LogP contribution >= 0.6 is 0 Å². The molecule has 7 nitrogen and oxygen atoms in total. The molecule has 0 saturated carbocycles. The molecule has 2 N–H and O–H groups in total. The molecule has 3 rings (SSSR count). The highest BCUT2D eigenvalue weighted by Gasteiger charge is 2.29. The van der Waals surface area contributed by atoms with Gasteiger partial charge in [0.2, 0.25) is 5.91 Å². The molecule has 4 amide bonds. The Morgan fingerprint density at radius 2 is 1.97 bits per heavy atom. The number of carbonyl (C=O) groups excluding carboxylic acids is 3. The molecule has 0 fully saturated rings. The lowest BCUT2D eigenvalue weighted by atomic mass is 10.1. The van der Waals surface area contributed by atoms with Crippen LogP contribution in [0.2, 0.25) is 0 Å². The minimum absolute atomic E-state index is 0.169. The molecule has 0 unspecified atom stereocenters. The molecular weight excluding hydrogens is 389 g/mol. The number of methoxy groups -OCH3 is 1. The molecule has 1 atom stereocenters. The van der Waals surface area contributed by atoms with E-state index in [2.05, 4.69) is 10.6 Å². The van der Waals surface area contributed by atoms with Crippen molar-refractivity contribution >= 4 is 23.9 Å².